The standard InChI is InChI=1S/C14H13BrN2O2S/c1-18-13-3-2-9(14(16)20)4-10(13)8-19-12-5-11(15)6-17-7-12/h2-7H,8H2,1H3,(H2,16,20). The van der Waals surface area contributed by atoms with Gasteiger partial charge in [0.2, 0.25) is 0 Å². The Labute approximate surface area is 131 Å². The van der Waals surface area contributed by atoms with Crippen molar-refractivity contribution < 1.29 is 9.47 Å². The summed E-state index contributed by atoms with van der Waals surface area (Å²) >= 11 is 8.32. The molecule has 0 aliphatic rings. The van der Waals surface area contributed by atoms with Crippen LogP contribution >= 0.6 is 28.1 Å². The number of hydrogen-bond donors (Lipinski definition) is 1. The Hall–Kier alpha value is -1.66. The Morgan fingerprint density at radius 2 is 2.15 bits per heavy atom. The zero-order valence-corrected chi connectivity index (χ0v) is 13.2. The fourth-order valence-electron chi connectivity index (χ4n) is 1.68. The van der Waals surface area contributed by atoms with Crippen molar-refractivity contribution in [1.29, 1.82) is 0 Å². The van der Waals surface area contributed by atoms with Gasteiger partial charge in [0.15, 0.2) is 0 Å². The summed E-state index contributed by atoms with van der Waals surface area (Å²) in [6, 6.07) is 7.36. The molecule has 0 spiro atoms. The maximum atomic E-state index is 5.69. The molecule has 0 saturated carbocycles. The number of pyridine rings is 1. The van der Waals surface area contributed by atoms with Gasteiger partial charge in [0.25, 0.3) is 0 Å². The molecule has 0 atom stereocenters. The van der Waals surface area contributed by atoms with Crippen LogP contribution in [0.3, 0.4) is 0 Å². The second kappa shape index (κ2) is 6.67. The Morgan fingerprint density at radius 3 is 2.80 bits per heavy atom. The molecule has 2 N–H and O–H groups in total. The molecule has 0 radical (unpaired) electrons. The highest BCUT2D eigenvalue weighted by atomic mass is 79.9. The summed E-state index contributed by atoms with van der Waals surface area (Å²) in [5.74, 6) is 1.40. The molecule has 0 fully saturated rings. The summed E-state index contributed by atoms with van der Waals surface area (Å²) in [7, 11) is 1.61. The lowest BCUT2D eigenvalue weighted by molar-refractivity contribution is 0.295. The van der Waals surface area contributed by atoms with Crippen LogP contribution in [0.2, 0.25) is 0 Å². The smallest absolute Gasteiger partial charge is 0.139 e. The van der Waals surface area contributed by atoms with Crippen molar-refractivity contribution in [2.75, 3.05) is 7.11 Å². The van der Waals surface area contributed by atoms with Crippen molar-refractivity contribution in [2.45, 2.75) is 6.61 Å². The highest BCUT2D eigenvalue weighted by molar-refractivity contribution is 9.10. The normalized spacial score (nSPS) is 10.1. The first-order chi connectivity index (χ1) is 9.60. The molecule has 1 heterocycles. The molecule has 2 rings (SSSR count). The van der Waals surface area contributed by atoms with Crippen LogP contribution < -0.4 is 15.2 Å². The molecule has 6 heteroatoms. The monoisotopic (exact) mass is 352 g/mol. The first kappa shape index (κ1) is 14.7. The van der Waals surface area contributed by atoms with Crippen LogP contribution in [0.25, 0.3) is 0 Å². The predicted molar refractivity (Wildman–Crippen MR) is 85.2 cm³/mol. The number of methoxy groups -OCH3 is 1. The minimum atomic E-state index is 0.345. The number of nitrogens with zero attached hydrogens (tertiary/aromatic N) is 1. The van der Waals surface area contributed by atoms with Crippen molar-refractivity contribution in [1.82, 2.24) is 4.98 Å². The molecule has 2 aromatic rings. The quantitative estimate of drug-likeness (QED) is 0.838. The van der Waals surface area contributed by atoms with Gasteiger partial charge in [-0.2, -0.15) is 0 Å². The lowest BCUT2D eigenvalue weighted by atomic mass is 10.1. The van der Waals surface area contributed by atoms with Crippen LogP contribution in [-0.4, -0.2) is 17.1 Å². The van der Waals surface area contributed by atoms with Crippen molar-refractivity contribution in [3.63, 3.8) is 0 Å². The first-order valence-electron chi connectivity index (χ1n) is 5.80. The van der Waals surface area contributed by atoms with Gasteiger partial charge in [-0.1, -0.05) is 12.2 Å². The Bertz CT molecular complexity index is 634. The number of nitrogens with two attached hydrogens (primary N) is 1. The number of ether oxygens (including phenoxy) is 2. The van der Waals surface area contributed by atoms with E-state index in [1.54, 1.807) is 19.5 Å². The lowest BCUT2D eigenvalue weighted by Gasteiger charge is -2.11. The molecule has 0 aliphatic carbocycles. The summed E-state index contributed by atoms with van der Waals surface area (Å²) in [6.45, 7) is 0.345. The molecule has 0 unspecified atom stereocenters. The topological polar surface area (TPSA) is 57.4 Å². The van der Waals surface area contributed by atoms with E-state index in [4.69, 9.17) is 27.4 Å². The van der Waals surface area contributed by atoms with E-state index in [-0.39, 0.29) is 0 Å². The van der Waals surface area contributed by atoms with E-state index in [1.807, 2.05) is 24.3 Å². The second-order valence-electron chi connectivity index (χ2n) is 4.02. The van der Waals surface area contributed by atoms with Crippen LogP contribution in [0.5, 0.6) is 11.5 Å². The fourth-order valence-corrected chi connectivity index (χ4v) is 2.15. The Balaban J connectivity index is 2.19. The first-order valence-corrected chi connectivity index (χ1v) is 7.00. The number of thiocarbonyl (C=S) groups is 1. The van der Waals surface area contributed by atoms with Gasteiger partial charge in [-0.25, -0.2) is 0 Å². The highest BCUT2D eigenvalue weighted by Gasteiger charge is 2.07. The van der Waals surface area contributed by atoms with Gasteiger partial charge in [-0.15, -0.1) is 0 Å². The predicted octanol–water partition coefficient (Wildman–Crippen LogP) is 3.07. The van der Waals surface area contributed by atoms with Crippen LogP contribution in [-0.2, 0) is 6.61 Å². The maximum Gasteiger partial charge on any atom is 0.139 e. The highest BCUT2D eigenvalue weighted by Crippen LogP contribution is 2.23. The van der Waals surface area contributed by atoms with E-state index in [0.717, 1.165) is 21.3 Å². The summed E-state index contributed by atoms with van der Waals surface area (Å²) in [5, 5.41) is 0. The second-order valence-corrected chi connectivity index (χ2v) is 5.37. The Morgan fingerprint density at radius 1 is 1.35 bits per heavy atom. The van der Waals surface area contributed by atoms with Crippen molar-refractivity contribution in [3.8, 4) is 11.5 Å². The van der Waals surface area contributed by atoms with Crippen molar-refractivity contribution in [2.24, 2.45) is 5.73 Å². The van der Waals surface area contributed by atoms with Crippen LogP contribution in [0, 0.1) is 0 Å². The van der Waals surface area contributed by atoms with E-state index in [9.17, 15) is 0 Å². The minimum Gasteiger partial charge on any atom is -0.496 e. The number of rotatable bonds is 5. The fraction of sp³-hybridized carbons (Fsp3) is 0.143. The average Bonchev–Trinajstić information content (AvgIpc) is 2.44. The third-order valence-electron chi connectivity index (χ3n) is 2.64. The van der Waals surface area contributed by atoms with E-state index in [1.165, 1.54) is 0 Å². The molecule has 0 bridgehead atoms. The van der Waals surface area contributed by atoms with Gasteiger partial charge < -0.3 is 15.2 Å². The minimum absolute atomic E-state index is 0.345. The van der Waals surface area contributed by atoms with Gasteiger partial charge in [-0.05, 0) is 40.2 Å². The van der Waals surface area contributed by atoms with Gasteiger partial charge in [0.05, 0.1) is 13.3 Å². The number of aromatic nitrogens is 1. The van der Waals surface area contributed by atoms with E-state index in [0.29, 0.717) is 17.3 Å². The molecule has 20 heavy (non-hydrogen) atoms. The van der Waals surface area contributed by atoms with Crippen LogP contribution in [0.15, 0.2) is 41.1 Å². The summed E-state index contributed by atoms with van der Waals surface area (Å²) in [5.41, 5.74) is 7.29. The maximum absolute atomic E-state index is 5.69. The van der Waals surface area contributed by atoms with Gasteiger partial charge in [-0.3, -0.25) is 4.98 Å². The number of benzene rings is 1. The summed E-state index contributed by atoms with van der Waals surface area (Å²) < 4.78 is 11.9. The van der Waals surface area contributed by atoms with Crippen molar-refractivity contribution in [3.05, 3.63) is 52.3 Å². The van der Waals surface area contributed by atoms with Crippen LogP contribution in [0.4, 0.5) is 0 Å². The number of hydrogen-bond acceptors (Lipinski definition) is 4. The third kappa shape index (κ3) is 3.68. The van der Waals surface area contributed by atoms with E-state index < -0.39 is 0 Å². The zero-order valence-electron chi connectivity index (χ0n) is 10.8. The molecule has 0 saturated heterocycles. The molecule has 0 amide bonds. The molecule has 1 aromatic carbocycles. The zero-order chi connectivity index (χ0) is 14.5. The van der Waals surface area contributed by atoms with E-state index >= 15 is 0 Å². The molecule has 4 nitrogen and oxygen atoms in total. The summed E-state index contributed by atoms with van der Waals surface area (Å²) in [4.78, 5) is 4.39. The molecule has 1 aromatic heterocycles. The average molecular weight is 353 g/mol. The van der Waals surface area contributed by atoms with E-state index in [2.05, 4.69) is 20.9 Å². The number of halogens is 1. The van der Waals surface area contributed by atoms with Gasteiger partial charge in [0.1, 0.15) is 23.1 Å². The van der Waals surface area contributed by atoms with Crippen LogP contribution in [0.1, 0.15) is 11.1 Å². The van der Waals surface area contributed by atoms with Crippen molar-refractivity contribution >= 4 is 33.1 Å². The molecular weight excluding hydrogens is 340 g/mol. The molecule has 0 aliphatic heterocycles. The molecule has 104 valence electrons. The Kier molecular flexibility index (Phi) is 4.92. The largest absolute Gasteiger partial charge is 0.496 e. The SMILES string of the molecule is COc1ccc(C(N)=S)cc1COc1cncc(Br)c1. The van der Waals surface area contributed by atoms with Gasteiger partial charge >= 0.3 is 0 Å². The lowest BCUT2D eigenvalue weighted by Crippen LogP contribution is -2.10. The third-order valence-corrected chi connectivity index (χ3v) is 3.31. The summed E-state index contributed by atoms with van der Waals surface area (Å²) in [6.07, 6.45) is 3.34. The van der Waals surface area contributed by atoms with Gasteiger partial charge in [0, 0.05) is 21.8 Å². The molecular formula is C14H13BrN2O2S.